The van der Waals surface area contributed by atoms with Crippen molar-refractivity contribution in [3.05, 3.63) is 58.4 Å². The van der Waals surface area contributed by atoms with E-state index < -0.39 is 29.8 Å². The molecule has 2 rings (SSSR count). The van der Waals surface area contributed by atoms with Gasteiger partial charge in [0.25, 0.3) is 0 Å². The summed E-state index contributed by atoms with van der Waals surface area (Å²) in [6.07, 6.45) is 0. The first-order valence-corrected chi connectivity index (χ1v) is 10.4. The zero-order valence-corrected chi connectivity index (χ0v) is 18.6. The van der Waals surface area contributed by atoms with Crippen molar-refractivity contribution in [1.29, 1.82) is 0 Å². The Morgan fingerprint density at radius 2 is 1.03 bits per heavy atom. The maximum atomic E-state index is 13.0. The van der Waals surface area contributed by atoms with Gasteiger partial charge in [-0.2, -0.15) is 0 Å². The van der Waals surface area contributed by atoms with Crippen molar-refractivity contribution in [1.82, 2.24) is 5.32 Å². The number of carbonyl (C=O) groups excluding carboxylic acids is 4. The highest BCUT2D eigenvalue weighted by Crippen LogP contribution is 2.40. The van der Waals surface area contributed by atoms with E-state index in [9.17, 15) is 19.2 Å². The Labute approximate surface area is 186 Å². The maximum Gasteiger partial charge on any atom is 0.355 e. The summed E-state index contributed by atoms with van der Waals surface area (Å²) in [5, 5.41) is 2.61. The van der Waals surface area contributed by atoms with Crippen LogP contribution in [0.3, 0.4) is 0 Å². The predicted molar refractivity (Wildman–Crippen MR) is 113 cm³/mol. The Morgan fingerprint density at radius 3 is 1.41 bits per heavy atom. The smallest absolute Gasteiger partial charge is 0.355 e. The first-order chi connectivity index (χ1) is 15.4. The molecule has 0 unspecified atom stereocenters. The molecule has 0 aliphatic carbocycles. The molecule has 0 aromatic heterocycles. The van der Waals surface area contributed by atoms with Gasteiger partial charge in [-0.1, -0.05) is 30.3 Å². The summed E-state index contributed by atoms with van der Waals surface area (Å²) in [6.45, 7) is 6.55. The molecule has 0 atom stereocenters. The van der Waals surface area contributed by atoms with Crippen molar-refractivity contribution in [3.8, 4) is 0 Å². The Morgan fingerprint density at radius 1 is 0.656 bits per heavy atom. The van der Waals surface area contributed by atoms with Crippen molar-refractivity contribution in [2.24, 2.45) is 0 Å². The largest absolute Gasteiger partial charge is 0.463 e. The lowest BCUT2D eigenvalue weighted by molar-refractivity contribution is -0.144. The summed E-state index contributed by atoms with van der Waals surface area (Å²) in [7, 11) is 0. The number of benzene rings is 1. The summed E-state index contributed by atoms with van der Waals surface area (Å²) in [5.41, 5.74) is -0.436. The normalized spacial score (nSPS) is 13.9. The highest BCUT2D eigenvalue weighted by atomic mass is 16.5. The van der Waals surface area contributed by atoms with Gasteiger partial charge in [-0.15, -0.1) is 0 Å². The van der Waals surface area contributed by atoms with Gasteiger partial charge >= 0.3 is 23.9 Å². The Balaban J connectivity index is 2.87. The van der Waals surface area contributed by atoms with Crippen LogP contribution in [0.15, 0.2) is 52.9 Å². The Kier molecular flexibility index (Phi) is 9.00. The first-order valence-electron chi connectivity index (χ1n) is 10.4. The number of hydrogen-bond acceptors (Lipinski definition) is 9. The SMILES string of the molecule is CCOC(=O)C1=C(C(=O)OCC)C(c2ccccc2)C(C(=O)OCC)=C(C(=O)OCC)N1. The number of dihydropyridines is 1. The van der Waals surface area contributed by atoms with Crippen LogP contribution in [0.25, 0.3) is 0 Å². The minimum atomic E-state index is -1.13. The molecule has 1 aromatic rings. The van der Waals surface area contributed by atoms with Gasteiger partial charge in [0.15, 0.2) is 0 Å². The molecule has 1 N–H and O–H groups in total. The van der Waals surface area contributed by atoms with Crippen LogP contribution in [0.5, 0.6) is 0 Å². The monoisotopic (exact) mass is 445 g/mol. The van der Waals surface area contributed by atoms with Gasteiger partial charge < -0.3 is 24.3 Å². The van der Waals surface area contributed by atoms with Crippen molar-refractivity contribution >= 4 is 23.9 Å². The fourth-order valence-electron chi connectivity index (χ4n) is 3.26. The second kappa shape index (κ2) is 11.7. The van der Waals surface area contributed by atoms with Gasteiger partial charge in [0, 0.05) is 0 Å². The maximum absolute atomic E-state index is 13.0. The number of ether oxygens (including phenoxy) is 4. The molecule has 0 saturated carbocycles. The molecule has 9 nitrogen and oxygen atoms in total. The standard InChI is InChI=1S/C23H27NO8/c1-5-29-20(25)16-15(14-12-10-9-11-13-14)17(21(26)30-6-2)19(23(28)32-8-4)24-18(16)22(27)31-7-3/h9-13,15,24H,5-8H2,1-4H3. The highest BCUT2D eigenvalue weighted by Gasteiger charge is 2.44. The molecule has 32 heavy (non-hydrogen) atoms. The average molecular weight is 445 g/mol. The fraction of sp³-hybridized carbons (Fsp3) is 0.391. The molecule has 0 spiro atoms. The van der Waals surface area contributed by atoms with Crippen LogP contribution < -0.4 is 5.32 Å². The number of hydrogen-bond donors (Lipinski definition) is 1. The van der Waals surface area contributed by atoms with Crippen LogP contribution in [0.4, 0.5) is 0 Å². The molecule has 1 aliphatic rings. The summed E-state index contributed by atoms with van der Waals surface area (Å²) >= 11 is 0. The second-order valence-electron chi connectivity index (χ2n) is 6.43. The summed E-state index contributed by atoms with van der Waals surface area (Å²) in [6, 6.07) is 8.50. The molecule has 0 bridgehead atoms. The molecule has 1 aromatic carbocycles. The summed E-state index contributed by atoms with van der Waals surface area (Å²) in [4.78, 5) is 51.6. The molecular formula is C23H27NO8. The molecule has 1 aliphatic heterocycles. The van der Waals surface area contributed by atoms with E-state index in [0.717, 1.165) is 0 Å². The average Bonchev–Trinajstić information content (AvgIpc) is 2.78. The zero-order chi connectivity index (χ0) is 23.7. The lowest BCUT2D eigenvalue weighted by atomic mass is 9.80. The minimum Gasteiger partial charge on any atom is -0.463 e. The number of nitrogens with one attached hydrogen (secondary N) is 1. The van der Waals surface area contributed by atoms with E-state index >= 15 is 0 Å². The van der Waals surface area contributed by atoms with Crippen LogP contribution >= 0.6 is 0 Å². The van der Waals surface area contributed by atoms with Gasteiger partial charge in [0.1, 0.15) is 11.4 Å². The Hall–Kier alpha value is -3.62. The van der Waals surface area contributed by atoms with Crippen LogP contribution in [0, 0.1) is 0 Å². The highest BCUT2D eigenvalue weighted by molar-refractivity contribution is 6.10. The third-order valence-electron chi connectivity index (χ3n) is 4.45. The van der Waals surface area contributed by atoms with Crippen LogP contribution in [0.1, 0.15) is 39.2 Å². The third kappa shape index (κ3) is 5.35. The molecule has 0 amide bonds. The first kappa shape index (κ1) is 24.6. The van der Waals surface area contributed by atoms with E-state index in [-0.39, 0.29) is 49.0 Å². The second-order valence-corrected chi connectivity index (χ2v) is 6.43. The lowest BCUT2D eigenvalue weighted by Crippen LogP contribution is -2.40. The molecule has 9 heteroatoms. The molecule has 0 saturated heterocycles. The molecular weight excluding hydrogens is 418 g/mol. The van der Waals surface area contributed by atoms with Gasteiger partial charge in [0.2, 0.25) is 0 Å². The van der Waals surface area contributed by atoms with E-state index in [2.05, 4.69) is 5.32 Å². The zero-order valence-electron chi connectivity index (χ0n) is 18.6. The topological polar surface area (TPSA) is 117 Å². The van der Waals surface area contributed by atoms with Crippen molar-refractivity contribution in [2.45, 2.75) is 33.6 Å². The summed E-state index contributed by atoms with van der Waals surface area (Å²) in [5.74, 6) is -4.54. The van der Waals surface area contributed by atoms with Crippen LogP contribution in [-0.2, 0) is 38.1 Å². The molecule has 172 valence electrons. The molecule has 1 heterocycles. The van der Waals surface area contributed by atoms with Crippen molar-refractivity contribution in [3.63, 3.8) is 0 Å². The number of esters is 4. The number of rotatable bonds is 9. The minimum absolute atomic E-state index is 0.0271. The van der Waals surface area contributed by atoms with Crippen molar-refractivity contribution < 1.29 is 38.1 Å². The van der Waals surface area contributed by atoms with E-state index in [0.29, 0.717) is 5.56 Å². The van der Waals surface area contributed by atoms with Crippen LogP contribution in [0.2, 0.25) is 0 Å². The van der Waals surface area contributed by atoms with Gasteiger partial charge in [-0.25, -0.2) is 19.2 Å². The van der Waals surface area contributed by atoms with Gasteiger partial charge in [-0.3, -0.25) is 0 Å². The van der Waals surface area contributed by atoms with Crippen LogP contribution in [-0.4, -0.2) is 50.3 Å². The quantitative estimate of drug-likeness (QED) is 0.450. The predicted octanol–water partition coefficient (Wildman–Crippen LogP) is 2.13. The summed E-state index contributed by atoms with van der Waals surface area (Å²) < 4.78 is 20.6. The van der Waals surface area contributed by atoms with Gasteiger partial charge in [0.05, 0.1) is 43.5 Å². The lowest BCUT2D eigenvalue weighted by Gasteiger charge is -2.30. The van der Waals surface area contributed by atoms with E-state index in [4.69, 9.17) is 18.9 Å². The van der Waals surface area contributed by atoms with E-state index in [1.54, 1.807) is 58.0 Å². The van der Waals surface area contributed by atoms with E-state index in [1.807, 2.05) is 0 Å². The third-order valence-corrected chi connectivity index (χ3v) is 4.45. The van der Waals surface area contributed by atoms with E-state index in [1.165, 1.54) is 0 Å². The van der Waals surface area contributed by atoms with Gasteiger partial charge in [-0.05, 0) is 33.3 Å². The molecule has 0 radical (unpaired) electrons. The van der Waals surface area contributed by atoms with Crippen molar-refractivity contribution in [2.75, 3.05) is 26.4 Å². The molecule has 0 fully saturated rings. The Bertz CT molecular complexity index is 877. The fourth-order valence-corrected chi connectivity index (χ4v) is 3.26. The number of carbonyl (C=O) groups is 4.